The Bertz CT molecular complexity index is 770. The van der Waals surface area contributed by atoms with Crippen LogP contribution < -0.4 is 28.4 Å². The molecule has 2 atom stereocenters. The molecule has 2 amide bonds. The Kier molecular flexibility index (Phi) is 8.03. The monoisotopic (exact) mass is 400 g/mol. The number of para-hydroxylation sites is 2. The molecule has 1 saturated heterocycles. The average molecular weight is 401 g/mol. The summed E-state index contributed by atoms with van der Waals surface area (Å²) < 4.78 is 0. The normalized spacial score (nSPS) is 21.2. The van der Waals surface area contributed by atoms with E-state index in [2.05, 4.69) is 22.9 Å². The number of piperidine rings is 1. The van der Waals surface area contributed by atoms with Gasteiger partial charge in [0.05, 0.1) is 0 Å². The van der Waals surface area contributed by atoms with Crippen molar-refractivity contribution in [1.82, 2.24) is 5.32 Å². The number of carbonyl (C=O) groups excluding carboxylic acids is 2. The summed E-state index contributed by atoms with van der Waals surface area (Å²) in [5.41, 5.74) is 1.32. The molecule has 5 nitrogen and oxygen atoms in total. The van der Waals surface area contributed by atoms with E-state index in [1.54, 1.807) is 0 Å². The van der Waals surface area contributed by atoms with Crippen LogP contribution in [0, 0.1) is 0 Å². The molecule has 6 heteroatoms. The number of rotatable bonds is 6. The highest BCUT2D eigenvalue weighted by atomic mass is 35.5. The van der Waals surface area contributed by atoms with Crippen molar-refractivity contribution in [3.63, 3.8) is 0 Å². The maximum Gasteiger partial charge on any atom is 0.226 e. The third-order valence-electron chi connectivity index (χ3n) is 4.93. The van der Waals surface area contributed by atoms with Crippen molar-refractivity contribution in [2.75, 3.05) is 10.6 Å². The van der Waals surface area contributed by atoms with E-state index in [1.165, 1.54) is 0 Å². The molecule has 0 aromatic heterocycles. The van der Waals surface area contributed by atoms with Crippen LogP contribution in [0.2, 0.25) is 0 Å². The quantitative estimate of drug-likeness (QED) is 0.676. The summed E-state index contributed by atoms with van der Waals surface area (Å²) in [4.78, 5) is 24.8. The molecule has 0 radical (unpaired) electrons. The van der Waals surface area contributed by atoms with Crippen LogP contribution in [0.3, 0.4) is 0 Å². The summed E-state index contributed by atoms with van der Waals surface area (Å²) in [5.74, 6) is -0.0118. The van der Waals surface area contributed by atoms with Gasteiger partial charge in [0, 0.05) is 35.8 Å². The minimum Gasteiger partial charge on any atom is -1.00 e. The molecule has 0 saturated carbocycles. The lowest BCUT2D eigenvalue weighted by Gasteiger charge is -2.39. The van der Waals surface area contributed by atoms with Gasteiger partial charge in [0.2, 0.25) is 11.8 Å². The minimum atomic E-state index is -0.297. The number of amides is 2. The fraction of sp³-hybridized carbons (Fsp3) is 0.364. The first-order valence-corrected chi connectivity index (χ1v) is 9.50. The van der Waals surface area contributed by atoms with Gasteiger partial charge in [-0.25, -0.2) is 0 Å². The predicted molar refractivity (Wildman–Crippen MR) is 109 cm³/mol. The molecule has 0 bridgehead atoms. The molecule has 150 valence electrons. The van der Waals surface area contributed by atoms with E-state index in [0.29, 0.717) is 12.8 Å². The number of anilines is 2. The van der Waals surface area contributed by atoms with Gasteiger partial charge in [0.1, 0.15) is 0 Å². The first-order valence-electron chi connectivity index (χ1n) is 9.50. The smallest absolute Gasteiger partial charge is 0.226 e. The molecular formula is C22H27ClN3O2-. The van der Waals surface area contributed by atoms with Crippen LogP contribution in [0.15, 0.2) is 60.7 Å². The lowest BCUT2D eigenvalue weighted by molar-refractivity contribution is -0.117. The van der Waals surface area contributed by atoms with Crippen LogP contribution in [0.25, 0.3) is 0 Å². The van der Waals surface area contributed by atoms with Crippen molar-refractivity contribution in [2.24, 2.45) is 0 Å². The van der Waals surface area contributed by atoms with Crippen molar-refractivity contribution in [2.45, 2.75) is 50.6 Å². The summed E-state index contributed by atoms with van der Waals surface area (Å²) in [6.07, 6.45) is 3.67. The first-order chi connectivity index (χ1) is 13.0. The van der Waals surface area contributed by atoms with E-state index in [4.69, 9.17) is 0 Å². The van der Waals surface area contributed by atoms with Gasteiger partial charge in [-0.15, -0.1) is 0 Å². The van der Waals surface area contributed by atoms with Gasteiger partial charge in [-0.2, -0.15) is 0 Å². The third-order valence-corrected chi connectivity index (χ3v) is 4.93. The zero-order chi connectivity index (χ0) is 19.1. The number of benzene rings is 2. The number of carbonyl (C=O) groups is 2. The molecule has 0 aliphatic carbocycles. The van der Waals surface area contributed by atoms with E-state index < -0.39 is 0 Å². The Balaban J connectivity index is 0.00000280. The van der Waals surface area contributed by atoms with E-state index >= 15 is 0 Å². The van der Waals surface area contributed by atoms with E-state index in [-0.39, 0.29) is 35.8 Å². The second-order valence-corrected chi connectivity index (χ2v) is 7.50. The molecule has 3 rings (SSSR count). The lowest BCUT2D eigenvalue weighted by atomic mass is 9.83. The second-order valence-electron chi connectivity index (χ2n) is 7.50. The van der Waals surface area contributed by atoms with Gasteiger partial charge < -0.3 is 28.4 Å². The maximum absolute atomic E-state index is 12.4. The maximum atomic E-state index is 12.4. The van der Waals surface area contributed by atoms with Crippen LogP contribution in [-0.2, 0) is 9.59 Å². The summed E-state index contributed by atoms with van der Waals surface area (Å²) in [7, 11) is 0. The standard InChI is InChI=1S/C22H27N3O2.ClH/c1-22(16-21(27)24-18-11-6-3-7-12-18)14-8-13-19(25-22)15-20(26)23-17-9-4-2-5-10-17;/h2-7,9-12,19,25H,8,13-16H2,1H3,(H,23,26)(H,24,27);1H/p-1. The van der Waals surface area contributed by atoms with Crippen molar-refractivity contribution in [3.8, 4) is 0 Å². The third kappa shape index (κ3) is 6.66. The molecule has 1 fully saturated rings. The van der Waals surface area contributed by atoms with Crippen LogP contribution in [-0.4, -0.2) is 23.4 Å². The molecule has 2 aromatic rings. The Hall–Kier alpha value is -2.37. The number of nitrogens with one attached hydrogen (secondary N) is 3. The van der Waals surface area contributed by atoms with Crippen molar-refractivity contribution >= 4 is 23.2 Å². The van der Waals surface area contributed by atoms with Crippen molar-refractivity contribution in [1.29, 1.82) is 0 Å². The lowest BCUT2D eigenvalue weighted by Crippen LogP contribution is -3.00. The molecule has 2 aromatic carbocycles. The first kappa shape index (κ1) is 21.9. The van der Waals surface area contributed by atoms with Crippen LogP contribution in [0.5, 0.6) is 0 Å². The van der Waals surface area contributed by atoms with Crippen molar-refractivity contribution < 1.29 is 22.0 Å². The topological polar surface area (TPSA) is 70.2 Å². The Labute approximate surface area is 172 Å². The molecule has 0 spiro atoms. The number of hydrogen-bond donors (Lipinski definition) is 3. The average Bonchev–Trinajstić information content (AvgIpc) is 2.62. The van der Waals surface area contributed by atoms with E-state index in [1.807, 2.05) is 60.7 Å². The van der Waals surface area contributed by atoms with Crippen LogP contribution in [0.1, 0.15) is 39.0 Å². The molecular weight excluding hydrogens is 374 g/mol. The fourth-order valence-electron chi connectivity index (χ4n) is 3.71. The zero-order valence-electron chi connectivity index (χ0n) is 16.1. The van der Waals surface area contributed by atoms with Gasteiger partial charge >= 0.3 is 0 Å². The molecule has 2 unspecified atom stereocenters. The zero-order valence-corrected chi connectivity index (χ0v) is 16.8. The Morgan fingerprint density at radius 1 is 0.964 bits per heavy atom. The molecule has 1 aliphatic rings. The Morgan fingerprint density at radius 3 is 2.07 bits per heavy atom. The van der Waals surface area contributed by atoms with Gasteiger partial charge in [0.25, 0.3) is 0 Å². The minimum absolute atomic E-state index is 0. The van der Waals surface area contributed by atoms with Gasteiger partial charge in [-0.3, -0.25) is 9.59 Å². The molecule has 3 N–H and O–H groups in total. The van der Waals surface area contributed by atoms with Crippen LogP contribution in [0.4, 0.5) is 11.4 Å². The highest BCUT2D eigenvalue weighted by molar-refractivity contribution is 5.92. The van der Waals surface area contributed by atoms with Gasteiger partial charge in [0.15, 0.2) is 0 Å². The van der Waals surface area contributed by atoms with Gasteiger partial charge in [-0.1, -0.05) is 42.8 Å². The molecule has 1 heterocycles. The summed E-state index contributed by atoms with van der Waals surface area (Å²) in [6.45, 7) is 2.07. The highest BCUT2D eigenvalue weighted by Crippen LogP contribution is 2.27. The van der Waals surface area contributed by atoms with E-state index in [9.17, 15) is 9.59 Å². The highest BCUT2D eigenvalue weighted by Gasteiger charge is 2.34. The SMILES string of the molecule is CC1(CC(=O)Nc2ccccc2)CCCC(CC(=O)Nc2ccccc2)N1.[Cl-]. The van der Waals surface area contributed by atoms with Gasteiger partial charge in [-0.05, 0) is 44.0 Å². The van der Waals surface area contributed by atoms with Crippen LogP contribution >= 0.6 is 0 Å². The summed E-state index contributed by atoms with van der Waals surface area (Å²) in [6, 6.07) is 19.0. The fourth-order valence-corrected chi connectivity index (χ4v) is 3.71. The molecule has 28 heavy (non-hydrogen) atoms. The summed E-state index contributed by atoms with van der Waals surface area (Å²) in [5, 5.41) is 9.42. The van der Waals surface area contributed by atoms with Crippen molar-refractivity contribution in [3.05, 3.63) is 60.7 Å². The van der Waals surface area contributed by atoms with E-state index in [0.717, 1.165) is 30.6 Å². The molecule has 1 aliphatic heterocycles. The largest absolute Gasteiger partial charge is 1.00 e. The second kappa shape index (κ2) is 10.2. The predicted octanol–water partition coefficient (Wildman–Crippen LogP) is 0.949. The number of hydrogen-bond acceptors (Lipinski definition) is 3. The number of halogens is 1. The summed E-state index contributed by atoms with van der Waals surface area (Å²) >= 11 is 0. The Morgan fingerprint density at radius 2 is 1.50 bits per heavy atom.